The molecule has 4 heteroatoms. The molecular formula is C15H21FN2O. The van der Waals surface area contributed by atoms with E-state index in [1.54, 1.807) is 6.07 Å². The summed E-state index contributed by atoms with van der Waals surface area (Å²) in [6.07, 6.45) is 3.73. The van der Waals surface area contributed by atoms with Crippen molar-refractivity contribution in [2.75, 3.05) is 0 Å². The highest BCUT2D eigenvalue weighted by atomic mass is 19.1. The third kappa shape index (κ3) is 2.40. The highest BCUT2D eigenvalue weighted by molar-refractivity contribution is 5.26. The molecule has 2 heterocycles. The lowest BCUT2D eigenvalue weighted by Crippen LogP contribution is -2.44. The molecule has 3 nitrogen and oxygen atoms in total. The molecule has 0 radical (unpaired) electrons. The molecule has 0 spiro atoms. The van der Waals surface area contributed by atoms with Crippen molar-refractivity contribution < 1.29 is 9.50 Å². The van der Waals surface area contributed by atoms with Gasteiger partial charge in [0.1, 0.15) is 5.82 Å². The zero-order chi connectivity index (χ0) is 13.4. The normalized spacial score (nSPS) is 30.8. The van der Waals surface area contributed by atoms with Crippen LogP contribution in [0, 0.1) is 5.82 Å². The molecule has 2 saturated heterocycles. The zero-order valence-corrected chi connectivity index (χ0v) is 11.1. The maximum absolute atomic E-state index is 14.2. The summed E-state index contributed by atoms with van der Waals surface area (Å²) in [5.74, 6) is -0.157. The van der Waals surface area contributed by atoms with E-state index in [0.717, 1.165) is 31.2 Å². The summed E-state index contributed by atoms with van der Waals surface area (Å²) in [5, 5.41) is 9.79. The first-order chi connectivity index (χ1) is 9.19. The first kappa shape index (κ1) is 13.0. The van der Waals surface area contributed by atoms with Gasteiger partial charge in [0.05, 0.1) is 6.10 Å². The van der Waals surface area contributed by atoms with Crippen molar-refractivity contribution >= 4 is 0 Å². The quantitative estimate of drug-likeness (QED) is 0.875. The summed E-state index contributed by atoms with van der Waals surface area (Å²) < 4.78 is 14.2. The number of hydrogen-bond acceptors (Lipinski definition) is 3. The maximum Gasteiger partial charge on any atom is 0.132 e. The van der Waals surface area contributed by atoms with Crippen LogP contribution in [0.1, 0.15) is 36.8 Å². The predicted molar refractivity (Wildman–Crippen MR) is 71.9 cm³/mol. The van der Waals surface area contributed by atoms with Crippen molar-refractivity contribution in [3.05, 3.63) is 35.1 Å². The largest absolute Gasteiger partial charge is 0.393 e. The molecule has 3 rings (SSSR count). The van der Waals surface area contributed by atoms with E-state index < -0.39 is 0 Å². The van der Waals surface area contributed by atoms with E-state index >= 15 is 0 Å². The minimum Gasteiger partial charge on any atom is -0.393 e. The SMILES string of the molecule is NCc1cccc(CN2C3CCC2CC(O)C3)c1F. The number of benzene rings is 1. The van der Waals surface area contributed by atoms with Crippen LogP contribution in [0.3, 0.4) is 0 Å². The molecule has 0 amide bonds. The molecule has 2 aliphatic heterocycles. The predicted octanol–water partition coefficient (Wildman–Crippen LogP) is 1.77. The van der Waals surface area contributed by atoms with Crippen molar-refractivity contribution in [1.29, 1.82) is 0 Å². The van der Waals surface area contributed by atoms with E-state index in [2.05, 4.69) is 4.90 Å². The fraction of sp³-hybridized carbons (Fsp3) is 0.600. The Morgan fingerprint density at radius 2 is 1.84 bits per heavy atom. The van der Waals surface area contributed by atoms with Crippen LogP contribution >= 0.6 is 0 Å². The van der Waals surface area contributed by atoms with Gasteiger partial charge >= 0.3 is 0 Å². The van der Waals surface area contributed by atoms with Crippen LogP contribution in [0.15, 0.2) is 18.2 Å². The molecule has 0 saturated carbocycles. The lowest BCUT2D eigenvalue weighted by atomic mass is 9.98. The summed E-state index contributed by atoms with van der Waals surface area (Å²) in [6.45, 7) is 0.882. The van der Waals surface area contributed by atoms with Gasteiger partial charge in [0.15, 0.2) is 0 Å². The average Bonchev–Trinajstić information content (AvgIpc) is 2.64. The van der Waals surface area contributed by atoms with Crippen LogP contribution in [-0.4, -0.2) is 28.2 Å². The number of fused-ring (bicyclic) bond motifs is 2. The molecule has 2 aliphatic rings. The molecule has 2 unspecified atom stereocenters. The van der Waals surface area contributed by atoms with Gasteiger partial charge in [-0.1, -0.05) is 18.2 Å². The Morgan fingerprint density at radius 3 is 2.47 bits per heavy atom. The van der Waals surface area contributed by atoms with E-state index in [1.165, 1.54) is 0 Å². The molecule has 104 valence electrons. The van der Waals surface area contributed by atoms with Gasteiger partial charge in [-0.2, -0.15) is 0 Å². The molecule has 0 aromatic heterocycles. The third-order valence-corrected chi connectivity index (χ3v) is 4.59. The summed E-state index contributed by atoms with van der Waals surface area (Å²) in [4.78, 5) is 2.37. The van der Waals surface area contributed by atoms with E-state index in [9.17, 15) is 9.50 Å². The number of piperidine rings is 1. The average molecular weight is 264 g/mol. The Labute approximate surface area is 113 Å². The van der Waals surface area contributed by atoms with Crippen LogP contribution in [0.5, 0.6) is 0 Å². The second-order valence-corrected chi connectivity index (χ2v) is 5.78. The van der Waals surface area contributed by atoms with Crippen molar-refractivity contribution in [2.45, 2.75) is 57.0 Å². The molecule has 2 atom stereocenters. The smallest absolute Gasteiger partial charge is 0.132 e. The van der Waals surface area contributed by atoms with Crippen LogP contribution in [0.25, 0.3) is 0 Å². The van der Waals surface area contributed by atoms with Gasteiger partial charge < -0.3 is 10.8 Å². The molecule has 1 aromatic rings. The minimum absolute atomic E-state index is 0.157. The molecule has 0 aliphatic carbocycles. The monoisotopic (exact) mass is 264 g/mol. The number of nitrogens with zero attached hydrogens (tertiary/aromatic N) is 1. The first-order valence-corrected chi connectivity index (χ1v) is 7.09. The van der Waals surface area contributed by atoms with E-state index in [4.69, 9.17) is 5.73 Å². The summed E-state index contributed by atoms with van der Waals surface area (Å²) in [7, 11) is 0. The zero-order valence-electron chi connectivity index (χ0n) is 11.1. The van der Waals surface area contributed by atoms with Crippen LogP contribution in [0.4, 0.5) is 4.39 Å². The lowest BCUT2D eigenvalue weighted by Gasteiger charge is -2.37. The number of rotatable bonds is 3. The van der Waals surface area contributed by atoms with Gasteiger partial charge in [-0.25, -0.2) is 4.39 Å². The van der Waals surface area contributed by atoms with Crippen molar-refractivity contribution in [3.8, 4) is 0 Å². The Morgan fingerprint density at radius 1 is 1.21 bits per heavy atom. The topological polar surface area (TPSA) is 49.5 Å². The van der Waals surface area contributed by atoms with Gasteiger partial charge in [0, 0.05) is 36.3 Å². The number of halogens is 1. The van der Waals surface area contributed by atoms with Crippen molar-refractivity contribution in [2.24, 2.45) is 5.73 Å². The van der Waals surface area contributed by atoms with Gasteiger partial charge in [-0.3, -0.25) is 4.90 Å². The van der Waals surface area contributed by atoms with Crippen LogP contribution < -0.4 is 5.73 Å². The van der Waals surface area contributed by atoms with Gasteiger partial charge in [0.2, 0.25) is 0 Å². The maximum atomic E-state index is 14.2. The highest BCUT2D eigenvalue weighted by Crippen LogP contribution is 2.37. The van der Waals surface area contributed by atoms with E-state index in [0.29, 0.717) is 24.2 Å². The van der Waals surface area contributed by atoms with Crippen LogP contribution in [0.2, 0.25) is 0 Å². The molecule has 2 fully saturated rings. The van der Waals surface area contributed by atoms with Crippen molar-refractivity contribution in [1.82, 2.24) is 4.90 Å². The molecule has 19 heavy (non-hydrogen) atoms. The standard InChI is InChI=1S/C15H21FN2O/c16-15-10(8-17)2-1-3-11(15)9-18-12-4-5-13(18)7-14(19)6-12/h1-3,12-14,19H,4-9,17H2. The summed E-state index contributed by atoms with van der Waals surface area (Å²) in [5.41, 5.74) is 6.87. The van der Waals surface area contributed by atoms with Gasteiger partial charge in [0.25, 0.3) is 0 Å². The molecule has 2 bridgehead atoms. The third-order valence-electron chi connectivity index (χ3n) is 4.59. The lowest BCUT2D eigenvalue weighted by molar-refractivity contribution is 0.0305. The molecule has 3 N–H and O–H groups in total. The molecule has 1 aromatic carbocycles. The highest BCUT2D eigenvalue weighted by Gasteiger charge is 2.40. The summed E-state index contributed by atoms with van der Waals surface area (Å²) in [6, 6.07) is 6.29. The Bertz CT molecular complexity index is 451. The van der Waals surface area contributed by atoms with E-state index in [1.807, 2.05) is 12.1 Å². The fourth-order valence-electron chi connectivity index (χ4n) is 3.61. The van der Waals surface area contributed by atoms with Gasteiger partial charge in [-0.15, -0.1) is 0 Å². The Kier molecular flexibility index (Phi) is 3.56. The molecular weight excluding hydrogens is 243 g/mol. The number of hydrogen-bond donors (Lipinski definition) is 2. The number of aliphatic hydroxyl groups excluding tert-OH is 1. The second-order valence-electron chi connectivity index (χ2n) is 5.78. The van der Waals surface area contributed by atoms with Gasteiger partial charge in [-0.05, 0) is 25.7 Å². The van der Waals surface area contributed by atoms with E-state index in [-0.39, 0.29) is 18.5 Å². The Balaban J connectivity index is 1.79. The van der Waals surface area contributed by atoms with Crippen LogP contribution in [-0.2, 0) is 13.1 Å². The fourth-order valence-corrected chi connectivity index (χ4v) is 3.61. The summed E-state index contributed by atoms with van der Waals surface area (Å²) >= 11 is 0. The number of aliphatic hydroxyl groups is 1. The number of nitrogens with two attached hydrogens (primary N) is 1. The Hall–Kier alpha value is -0.970. The second kappa shape index (κ2) is 5.19. The van der Waals surface area contributed by atoms with Crippen molar-refractivity contribution in [3.63, 3.8) is 0 Å². The first-order valence-electron chi connectivity index (χ1n) is 7.09. The minimum atomic E-state index is -0.172.